The molecule has 139 heavy (non-hydrogen) atoms. The van der Waals surface area contributed by atoms with Crippen molar-refractivity contribution in [3.63, 3.8) is 0 Å². The van der Waals surface area contributed by atoms with E-state index in [1.165, 1.54) is 208 Å². The molecule has 0 N–H and O–H groups in total. The van der Waals surface area contributed by atoms with Crippen LogP contribution in [0, 0.1) is 0 Å². The number of fused-ring (bicyclic) bond motifs is 37. The summed E-state index contributed by atoms with van der Waals surface area (Å²) in [5.41, 5.74) is 25.5. The Morgan fingerprint density at radius 3 is 0.950 bits per heavy atom. The number of benzene rings is 18. The molecule has 31 aromatic rings. The zero-order valence-electron chi connectivity index (χ0n) is 74.2. The van der Waals surface area contributed by atoms with E-state index in [4.69, 9.17) is 24.9 Å². The van der Waals surface area contributed by atoms with Gasteiger partial charge in [-0.25, -0.2) is 24.9 Å². The normalized spacial score (nSPS) is 12.0. The van der Waals surface area contributed by atoms with Crippen LogP contribution in [0.5, 0.6) is 0 Å². The maximum atomic E-state index is 5.16. The number of thiophene rings is 5. The third-order valence-electron chi connectivity index (χ3n) is 27.8. The highest BCUT2D eigenvalue weighted by atomic mass is 32.1. The number of hydrogen-bond acceptors (Lipinski definition) is 10. The number of rotatable bonds is 9. The van der Waals surface area contributed by atoms with E-state index in [9.17, 15) is 0 Å². The van der Waals surface area contributed by atoms with Crippen molar-refractivity contribution in [3.8, 4) is 78.8 Å². The van der Waals surface area contributed by atoms with Gasteiger partial charge in [-0.05, 0) is 179 Å². The molecule has 9 nitrogen and oxygen atoms in total. The van der Waals surface area contributed by atoms with Gasteiger partial charge in [-0.15, -0.1) is 56.7 Å². The maximum absolute atomic E-state index is 5.16. The van der Waals surface area contributed by atoms with Crippen LogP contribution in [0.4, 0.5) is 0 Å². The van der Waals surface area contributed by atoms with Gasteiger partial charge in [-0.1, -0.05) is 279 Å². The van der Waals surface area contributed by atoms with Crippen LogP contribution in [0.1, 0.15) is 0 Å². The molecular formula is C125H73N9S5. The van der Waals surface area contributed by atoms with Crippen LogP contribution in [-0.4, -0.2) is 43.2 Å². The third-order valence-corrected chi connectivity index (χ3v) is 33.6. The second kappa shape index (κ2) is 31.8. The molecule has 0 bridgehead atoms. The van der Waals surface area contributed by atoms with Gasteiger partial charge >= 0.3 is 0 Å². The molecule has 0 aliphatic carbocycles. The molecule has 648 valence electrons. The molecule has 0 spiro atoms. The molecule has 0 saturated carbocycles. The topological polar surface area (TPSA) is 84.2 Å². The number of para-hydroxylation sites is 6. The van der Waals surface area contributed by atoms with Crippen LogP contribution in [0.2, 0.25) is 0 Å². The molecular weight excluding hydrogens is 1790 g/mol. The van der Waals surface area contributed by atoms with Gasteiger partial charge in [0.2, 0.25) is 0 Å². The summed E-state index contributed by atoms with van der Waals surface area (Å²) >= 11 is 9.23. The molecule has 14 heteroatoms. The Morgan fingerprint density at radius 1 is 0.180 bits per heavy atom. The molecule has 0 unspecified atom stereocenters. The van der Waals surface area contributed by atoms with Gasteiger partial charge in [0.15, 0.2) is 5.82 Å². The minimum Gasteiger partial charge on any atom is -0.309 e. The van der Waals surface area contributed by atoms with Gasteiger partial charge in [-0.3, -0.25) is 0 Å². The highest BCUT2D eigenvalue weighted by Crippen LogP contribution is 2.57. The standard InChI is InChI=1S/C49H29N5S.C41H24N2S2.C35H20N2S2/c1-3-14-30(15-4-1)44-34-18-7-10-22-38(34)51-48(52-44)31-25-27-33(28-26-31)54-40-24-12-9-20-36(40)42-41-35-19-8-11-23-39(35)53(32-16-5-2-6-17-32)45(41)43-37-21-13-29-50-49(37)55-47(43)46(42)54;1-3-12-25(13-4-1)27-22-28(26-14-5-2-6-15-26)24-29(23-27)43-33-19-9-7-16-30(33)35-36-31-17-8-10-20-34(31)44-39(36)37-32-18-11-21-42-41(32)45-40(37)38(35)43;1-2-9-21(10-3-1)22-16-18-23(19-17-22)37-27-14-6-4-11-24(27)29-30-25-12-5-7-15-28(25)38-33(30)31-26-13-8-20-36-35(26)39-34(31)32(29)37/h1-29H;1-24H;1-20H. The molecule has 0 amide bonds. The molecule has 0 saturated heterocycles. The third kappa shape index (κ3) is 12.3. The lowest BCUT2D eigenvalue weighted by atomic mass is 9.98. The Hall–Kier alpha value is -17.0. The van der Waals surface area contributed by atoms with Crippen molar-refractivity contribution >= 4 is 256 Å². The second-order valence-electron chi connectivity index (χ2n) is 35.5. The van der Waals surface area contributed by atoms with E-state index in [0.717, 1.165) is 64.8 Å². The minimum atomic E-state index is 0.708. The smallest absolute Gasteiger partial charge is 0.160 e. The average Bonchev–Trinajstić information content (AvgIpc) is 1.49. The summed E-state index contributed by atoms with van der Waals surface area (Å²) in [6.07, 6.45) is 5.74. The maximum Gasteiger partial charge on any atom is 0.160 e. The lowest BCUT2D eigenvalue weighted by Gasteiger charge is -2.14. The zero-order chi connectivity index (χ0) is 91.0. The van der Waals surface area contributed by atoms with Crippen molar-refractivity contribution in [2.45, 2.75) is 0 Å². The highest BCUT2D eigenvalue weighted by Gasteiger charge is 2.31. The van der Waals surface area contributed by atoms with Gasteiger partial charge in [0, 0.05) is 174 Å². The molecule has 18 aromatic carbocycles. The van der Waals surface area contributed by atoms with Crippen LogP contribution in [0.25, 0.3) is 278 Å². The van der Waals surface area contributed by atoms with Crippen molar-refractivity contribution in [1.82, 2.24) is 43.2 Å². The van der Waals surface area contributed by atoms with Crippen molar-refractivity contribution < 1.29 is 0 Å². The molecule has 0 radical (unpaired) electrons. The number of hydrogen-bond donors (Lipinski definition) is 0. The number of nitrogens with zero attached hydrogens (tertiary/aromatic N) is 9. The fourth-order valence-corrected chi connectivity index (χ4v) is 28.2. The molecule has 0 atom stereocenters. The lowest BCUT2D eigenvalue weighted by molar-refractivity contribution is 1.18. The van der Waals surface area contributed by atoms with Crippen molar-refractivity contribution in [3.05, 3.63) is 443 Å². The summed E-state index contributed by atoms with van der Waals surface area (Å²) in [7, 11) is 0. The fraction of sp³-hybridized carbons (Fsp3) is 0. The van der Waals surface area contributed by atoms with E-state index in [1.807, 2.05) is 76.1 Å². The Labute approximate surface area is 814 Å². The van der Waals surface area contributed by atoms with Crippen LogP contribution in [0.3, 0.4) is 0 Å². The van der Waals surface area contributed by atoms with E-state index in [2.05, 4.69) is 431 Å². The summed E-state index contributed by atoms with van der Waals surface area (Å²) in [5.74, 6) is 0.708. The van der Waals surface area contributed by atoms with Crippen molar-refractivity contribution in [1.29, 1.82) is 0 Å². The summed E-state index contributed by atoms with van der Waals surface area (Å²) in [6.45, 7) is 0. The first-order chi connectivity index (χ1) is 69.0. The fourth-order valence-electron chi connectivity index (χ4n) is 22.0. The first kappa shape index (κ1) is 79.4. The molecule has 13 aromatic heterocycles. The van der Waals surface area contributed by atoms with E-state index in [1.54, 1.807) is 11.3 Å². The number of pyridine rings is 3. The summed E-state index contributed by atoms with van der Waals surface area (Å²) in [6, 6.07) is 152. The number of aromatic nitrogens is 9. The van der Waals surface area contributed by atoms with Gasteiger partial charge in [0.1, 0.15) is 14.5 Å². The Kier molecular flexibility index (Phi) is 18.2. The molecule has 0 aliphatic heterocycles. The zero-order valence-corrected chi connectivity index (χ0v) is 78.3. The molecule has 31 rings (SSSR count). The van der Waals surface area contributed by atoms with Gasteiger partial charge in [0.05, 0.1) is 69.4 Å². The summed E-state index contributed by atoms with van der Waals surface area (Å²) in [5, 5.41) is 24.1. The Morgan fingerprint density at radius 2 is 0.496 bits per heavy atom. The first-order valence-electron chi connectivity index (χ1n) is 46.7. The van der Waals surface area contributed by atoms with Gasteiger partial charge < -0.3 is 18.3 Å². The van der Waals surface area contributed by atoms with Crippen LogP contribution >= 0.6 is 56.7 Å². The lowest BCUT2D eigenvalue weighted by Crippen LogP contribution is -1.97. The van der Waals surface area contributed by atoms with Crippen LogP contribution in [0.15, 0.2) is 443 Å². The minimum absolute atomic E-state index is 0.708. The van der Waals surface area contributed by atoms with E-state index >= 15 is 0 Å². The van der Waals surface area contributed by atoms with Gasteiger partial charge in [-0.2, -0.15) is 0 Å². The monoisotopic (exact) mass is 1860 g/mol. The average molecular weight is 1860 g/mol. The predicted molar refractivity (Wildman–Crippen MR) is 595 cm³/mol. The second-order valence-corrected chi connectivity index (χ2v) is 40.6. The molecule has 0 aliphatic rings. The van der Waals surface area contributed by atoms with E-state index in [-0.39, 0.29) is 0 Å². The van der Waals surface area contributed by atoms with Crippen molar-refractivity contribution in [2.24, 2.45) is 0 Å². The SMILES string of the molecule is c1ccc(-c2cc(-c3ccccc3)cc(-n3c4ccccc4c4c5c6ccccc6sc5c5c6cccnc6sc5c43)c2)cc1.c1ccc(-c2ccc(-n3c4ccccc4c4c5c6ccccc6sc5c5c6cccnc6sc5c43)cc2)cc1.c1ccc(-c2nc(-c3ccc(-n4c5ccccc5c5c6c7ccccc7n(-c7ccccc7)c6c6c7cccnc7sc6c54)cc3)nc3ccccc23)cc1. The summed E-state index contributed by atoms with van der Waals surface area (Å²) < 4.78 is 19.1. The van der Waals surface area contributed by atoms with Crippen LogP contribution < -0.4 is 0 Å². The summed E-state index contributed by atoms with van der Waals surface area (Å²) in [4.78, 5) is 28.0. The van der Waals surface area contributed by atoms with Crippen LogP contribution in [-0.2, 0) is 0 Å². The Balaban J connectivity index is 0.000000102. The highest BCUT2D eigenvalue weighted by molar-refractivity contribution is 7.31. The predicted octanol–water partition coefficient (Wildman–Crippen LogP) is 35.8. The van der Waals surface area contributed by atoms with E-state index < -0.39 is 0 Å². The molecule has 13 heterocycles. The van der Waals surface area contributed by atoms with E-state index in [0.29, 0.717) is 5.82 Å². The van der Waals surface area contributed by atoms with Gasteiger partial charge in [0.25, 0.3) is 0 Å². The quantitative estimate of drug-likeness (QED) is 0.144. The van der Waals surface area contributed by atoms with Crippen molar-refractivity contribution in [2.75, 3.05) is 0 Å². The largest absolute Gasteiger partial charge is 0.309 e. The molecule has 0 fully saturated rings. The Bertz CT molecular complexity index is 10400. The first-order valence-corrected chi connectivity index (χ1v) is 50.7.